The van der Waals surface area contributed by atoms with Gasteiger partial charge < -0.3 is 20.2 Å². The monoisotopic (exact) mass is 394 g/mol. The summed E-state index contributed by atoms with van der Waals surface area (Å²) in [5, 5.41) is 17.1. The first kappa shape index (κ1) is 19.4. The lowest BCUT2D eigenvalue weighted by molar-refractivity contribution is -0.111. The van der Waals surface area contributed by atoms with Gasteiger partial charge in [0.1, 0.15) is 5.69 Å². The van der Waals surface area contributed by atoms with Crippen molar-refractivity contribution in [1.29, 1.82) is 0 Å². The molecule has 0 aromatic carbocycles. The molecule has 29 heavy (non-hydrogen) atoms. The van der Waals surface area contributed by atoms with Crippen LogP contribution in [-0.2, 0) is 4.79 Å². The Kier molecular flexibility index (Phi) is 5.46. The molecule has 2 aliphatic rings. The van der Waals surface area contributed by atoms with Crippen molar-refractivity contribution in [2.75, 3.05) is 51.3 Å². The number of anilines is 1. The normalized spacial score (nSPS) is 19.6. The van der Waals surface area contributed by atoms with Crippen LogP contribution in [-0.4, -0.2) is 77.5 Å². The number of allylic oxidation sites excluding steroid dienone is 3. The van der Waals surface area contributed by atoms with Crippen molar-refractivity contribution in [3.63, 3.8) is 0 Å². The van der Waals surface area contributed by atoms with Crippen LogP contribution in [0.25, 0.3) is 5.52 Å². The predicted molar refractivity (Wildman–Crippen MR) is 114 cm³/mol. The predicted octanol–water partition coefficient (Wildman–Crippen LogP) is 1.15. The van der Waals surface area contributed by atoms with Gasteiger partial charge in [-0.3, -0.25) is 4.79 Å². The van der Waals surface area contributed by atoms with Gasteiger partial charge in [-0.15, -0.1) is 5.10 Å². The molecule has 1 aliphatic heterocycles. The largest absolute Gasteiger partial charge is 0.395 e. The van der Waals surface area contributed by atoms with E-state index in [0.717, 1.165) is 43.2 Å². The van der Waals surface area contributed by atoms with E-state index in [-0.39, 0.29) is 12.4 Å². The summed E-state index contributed by atoms with van der Waals surface area (Å²) in [6.07, 6.45) is 5.26. The maximum absolute atomic E-state index is 12.1. The Hall–Kier alpha value is -2.97. The molecule has 3 heterocycles. The molecule has 0 saturated carbocycles. The number of hydrogen-bond acceptors (Lipinski definition) is 7. The molecule has 8 heteroatoms. The molecule has 1 fully saturated rings. The zero-order valence-electron chi connectivity index (χ0n) is 16.8. The molecule has 152 valence electrons. The number of piperazine rings is 1. The Morgan fingerprint density at radius 1 is 1.21 bits per heavy atom. The molecular weight excluding hydrogens is 368 g/mol. The summed E-state index contributed by atoms with van der Waals surface area (Å²) in [7, 11) is 2.12. The molecule has 0 amide bonds. The zero-order chi connectivity index (χ0) is 20.4. The van der Waals surface area contributed by atoms with Crippen molar-refractivity contribution in [3.05, 3.63) is 47.8 Å². The van der Waals surface area contributed by atoms with Gasteiger partial charge in [0.2, 0.25) is 0 Å². The minimum Gasteiger partial charge on any atom is -0.395 e. The maximum atomic E-state index is 12.1. The van der Waals surface area contributed by atoms with E-state index in [1.54, 1.807) is 19.1 Å². The van der Waals surface area contributed by atoms with Crippen LogP contribution in [0.5, 0.6) is 0 Å². The number of aromatic nitrogens is 2. The summed E-state index contributed by atoms with van der Waals surface area (Å²) in [5.41, 5.74) is 3.63. The minimum absolute atomic E-state index is 0.0230. The Morgan fingerprint density at radius 3 is 2.76 bits per heavy atom. The summed E-state index contributed by atoms with van der Waals surface area (Å²) < 4.78 is 1.85. The van der Waals surface area contributed by atoms with Gasteiger partial charge in [0.05, 0.1) is 23.5 Å². The van der Waals surface area contributed by atoms with E-state index in [1.165, 1.54) is 0 Å². The summed E-state index contributed by atoms with van der Waals surface area (Å²) in [6, 6.07) is 5.92. The van der Waals surface area contributed by atoms with E-state index in [2.05, 4.69) is 22.2 Å². The van der Waals surface area contributed by atoms with Crippen LogP contribution in [0.1, 0.15) is 6.92 Å². The molecule has 0 atom stereocenters. The Bertz CT molecular complexity index is 1010. The smallest absolute Gasteiger partial charge is 0.183 e. The van der Waals surface area contributed by atoms with E-state index in [9.17, 15) is 9.90 Å². The van der Waals surface area contributed by atoms with Crippen LogP contribution in [0.4, 0.5) is 11.5 Å². The molecule has 8 nitrogen and oxygen atoms in total. The van der Waals surface area contributed by atoms with Crippen molar-refractivity contribution in [2.24, 2.45) is 4.99 Å². The number of rotatable bonds is 5. The number of fused-ring (bicyclic) bond motifs is 1. The molecule has 0 spiro atoms. The number of aliphatic hydroxyl groups excluding tert-OH is 1. The number of likely N-dealkylation sites (N-methyl/N-ethyl adjacent to an activating group) is 1. The van der Waals surface area contributed by atoms with Crippen molar-refractivity contribution in [3.8, 4) is 0 Å². The molecule has 1 saturated heterocycles. The van der Waals surface area contributed by atoms with Crippen molar-refractivity contribution in [1.82, 2.24) is 19.8 Å². The average Bonchev–Trinajstić information content (AvgIpc) is 3.08. The molecular formula is C21H26N6O2. The summed E-state index contributed by atoms with van der Waals surface area (Å²) in [6.45, 7) is 5.83. The lowest BCUT2D eigenvalue weighted by atomic mass is 10.0. The zero-order valence-corrected chi connectivity index (χ0v) is 16.8. The average molecular weight is 394 g/mol. The quantitative estimate of drug-likeness (QED) is 0.740. The fourth-order valence-electron chi connectivity index (χ4n) is 3.53. The van der Waals surface area contributed by atoms with Crippen LogP contribution < -0.4 is 10.2 Å². The van der Waals surface area contributed by atoms with E-state index in [4.69, 9.17) is 10.1 Å². The van der Waals surface area contributed by atoms with Crippen LogP contribution in [0.15, 0.2) is 52.8 Å². The third kappa shape index (κ3) is 3.94. The second kappa shape index (κ2) is 8.18. The van der Waals surface area contributed by atoms with Crippen LogP contribution >= 0.6 is 0 Å². The van der Waals surface area contributed by atoms with Gasteiger partial charge in [0.15, 0.2) is 11.6 Å². The van der Waals surface area contributed by atoms with Gasteiger partial charge in [-0.05, 0) is 37.8 Å². The Morgan fingerprint density at radius 2 is 2.00 bits per heavy atom. The molecule has 1 aliphatic carbocycles. The number of carbonyl (C=O) groups excluding carboxylic acids is 1. The number of nitrogens with one attached hydrogen (secondary N) is 1. The van der Waals surface area contributed by atoms with Crippen LogP contribution in [0.2, 0.25) is 0 Å². The van der Waals surface area contributed by atoms with Gasteiger partial charge in [-0.25, -0.2) is 9.51 Å². The fourth-order valence-corrected chi connectivity index (χ4v) is 3.53. The first-order chi connectivity index (χ1) is 14.1. The molecule has 2 aromatic heterocycles. The SMILES string of the molecule is CC1=C/C(=N\c2c(N3CCN(C)CC3)nn3ccccc23)C(NCCO)=CC1=O. The van der Waals surface area contributed by atoms with E-state index in [1.807, 2.05) is 28.9 Å². The molecule has 2 N–H and O–H groups in total. The number of aliphatic imine (C=N–C) groups is 1. The Labute approximate surface area is 169 Å². The highest BCUT2D eigenvalue weighted by Crippen LogP contribution is 2.34. The highest BCUT2D eigenvalue weighted by Gasteiger charge is 2.23. The number of carbonyl (C=O) groups is 1. The lowest BCUT2D eigenvalue weighted by Gasteiger charge is -2.32. The number of nitrogens with zero attached hydrogens (tertiary/aromatic N) is 5. The van der Waals surface area contributed by atoms with Gasteiger partial charge in [-0.1, -0.05) is 6.07 Å². The molecule has 0 bridgehead atoms. The Balaban J connectivity index is 1.80. The summed E-state index contributed by atoms with van der Waals surface area (Å²) >= 11 is 0. The second-order valence-electron chi connectivity index (χ2n) is 7.39. The van der Waals surface area contributed by atoms with Crippen LogP contribution in [0, 0.1) is 0 Å². The van der Waals surface area contributed by atoms with Crippen molar-refractivity contribution in [2.45, 2.75) is 6.92 Å². The molecule has 2 aromatic rings. The molecule has 0 radical (unpaired) electrons. The van der Waals surface area contributed by atoms with E-state index in [0.29, 0.717) is 23.5 Å². The lowest BCUT2D eigenvalue weighted by Crippen LogP contribution is -2.44. The minimum atomic E-state index is -0.0523. The first-order valence-corrected chi connectivity index (χ1v) is 9.86. The number of hydrogen-bond donors (Lipinski definition) is 2. The van der Waals surface area contributed by atoms with Crippen LogP contribution in [0.3, 0.4) is 0 Å². The van der Waals surface area contributed by atoms with Gasteiger partial charge >= 0.3 is 0 Å². The summed E-state index contributed by atoms with van der Waals surface area (Å²) in [5.74, 6) is 0.796. The number of pyridine rings is 1. The standard InChI is InChI=1S/C21H26N6O2/c1-15-13-17(16(14-19(15)29)22-6-12-28)23-20-18-5-3-4-7-27(18)24-21(20)26-10-8-25(2)9-11-26/h3-5,7,13-14,22,28H,6,8-12H2,1-2H3/b23-17+. The van der Waals surface area contributed by atoms with Crippen molar-refractivity contribution < 1.29 is 9.90 Å². The fraction of sp³-hybridized carbons (Fsp3) is 0.381. The highest BCUT2D eigenvalue weighted by molar-refractivity contribution is 6.22. The van der Waals surface area contributed by atoms with Gasteiger partial charge in [0, 0.05) is 45.0 Å². The first-order valence-electron chi connectivity index (χ1n) is 9.86. The van der Waals surface area contributed by atoms with Gasteiger partial charge in [0.25, 0.3) is 0 Å². The molecule has 0 unspecified atom stereocenters. The molecule has 4 rings (SSSR count). The summed E-state index contributed by atoms with van der Waals surface area (Å²) in [4.78, 5) is 21.7. The van der Waals surface area contributed by atoms with Gasteiger partial charge in [-0.2, -0.15) is 0 Å². The number of aliphatic hydroxyl groups is 1. The topological polar surface area (TPSA) is 85.5 Å². The maximum Gasteiger partial charge on any atom is 0.183 e. The number of ketones is 1. The highest BCUT2D eigenvalue weighted by atomic mass is 16.3. The van der Waals surface area contributed by atoms with E-state index < -0.39 is 0 Å². The second-order valence-corrected chi connectivity index (χ2v) is 7.39. The third-order valence-corrected chi connectivity index (χ3v) is 5.25. The van der Waals surface area contributed by atoms with E-state index >= 15 is 0 Å². The van der Waals surface area contributed by atoms with Crippen molar-refractivity contribution >= 4 is 28.5 Å². The third-order valence-electron chi connectivity index (χ3n) is 5.25.